The Hall–Kier alpha value is -2.67. The summed E-state index contributed by atoms with van der Waals surface area (Å²) in [7, 11) is 0. The number of benzene rings is 2. The number of amides is 1. The molecule has 0 bridgehead atoms. The number of carbonyl (C=O) groups is 1. The van der Waals surface area contributed by atoms with Gasteiger partial charge in [0.1, 0.15) is 11.9 Å². The zero-order valence-corrected chi connectivity index (χ0v) is 11.9. The number of anilines is 1. The van der Waals surface area contributed by atoms with Gasteiger partial charge in [-0.05, 0) is 41.8 Å². The van der Waals surface area contributed by atoms with Gasteiger partial charge in [0.15, 0.2) is 0 Å². The van der Waals surface area contributed by atoms with Crippen LogP contribution in [0, 0.1) is 17.1 Å². The first kappa shape index (κ1) is 14.7. The van der Waals surface area contributed by atoms with Gasteiger partial charge >= 0.3 is 0 Å². The van der Waals surface area contributed by atoms with Gasteiger partial charge in [-0.25, -0.2) is 4.39 Å². The Morgan fingerprint density at radius 1 is 1.19 bits per heavy atom. The van der Waals surface area contributed by atoms with Crippen LogP contribution in [0.1, 0.15) is 41.3 Å². The number of nitrogens with zero attached hydrogens (tertiary/aromatic N) is 1. The molecular formula is C17H15FN2O. The monoisotopic (exact) mass is 282 g/mol. The molecule has 0 aromatic heterocycles. The summed E-state index contributed by atoms with van der Waals surface area (Å²) >= 11 is 0. The van der Waals surface area contributed by atoms with Crippen molar-refractivity contribution in [2.24, 2.45) is 0 Å². The fraction of sp³-hybridized carbons (Fsp3) is 0.176. The number of halogens is 1. The van der Waals surface area contributed by atoms with Crippen LogP contribution in [0.2, 0.25) is 0 Å². The second-order valence-corrected chi connectivity index (χ2v) is 5.03. The van der Waals surface area contributed by atoms with E-state index in [9.17, 15) is 9.18 Å². The molecule has 0 atom stereocenters. The van der Waals surface area contributed by atoms with E-state index in [0.717, 1.165) is 11.6 Å². The molecule has 0 unspecified atom stereocenters. The molecule has 0 heterocycles. The van der Waals surface area contributed by atoms with E-state index < -0.39 is 5.82 Å². The molecule has 3 nitrogen and oxygen atoms in total. The van der Waals surface area contributed by atoms with E-state index in [-0.39, 0.29) is 11.5 Å². The zero-order valence-electron chi connectivity index (χ0n) is 11.9. The molecule has 4 heteroatoms. The molecule has 0 aliphatic heterocycles. The van der Waals surface area contributed by atoms with E-state index in [1.807, 2.05) is 18.2 Å². The summed E-state index contributed by atoms with van der Waals surface area (Å²) in [6, 6.07) is 12.8. The first-order valence-electron chi connectivity index (χ1n) is 6.62. The van der Waals surface area contributed by atoms with E-state index >= 15 is 0 Å². The largest absolute Gasteiger partial charge is 0.321 e. The van der Waals surface area contributed by atoms with Crippen molar-refractivity contribution in [3.8, 4) is 6.07 Å². The predicted molar refractivity (Wildman–Crippen MR) is 79.6 cm³/mol. The van der Waals surface area contributed by atoms with E-state index in [1.165, 1.54) is 12.1 Å². The molecule has 0 saturated heterocycles. The summed E-state index contributed by atoms with van der Waals surface area (Å²) in [5.41, 5.74) is 2.04. The highest BCUT2D eigenvalue weighted by Crippen LogP contribution is 2.18. The van der Waals surface area contributed by atoms with Gasteiger partial charge in [0.2, 0.25) is 0 Å². The molecule has 1 N–H and O–H groups in total. The maximum atomic E-state index is 13.1. The van der Waals surface area contributed by atoms with Gasteiger partial charge in [0.25, 0.3) is 5.91 Å². The standard InChI is InChI=1S/C17H15FN2O/c1-11(2)12-3-5-13(6-4-12)17(21)20-16-8-7-15(18)9-14(16)10-19/h3-9,11H,1-2H3,(H,20,21). The van der Waals surface area contributed by atoms with Crippen molar-refractivity contribution in [2.75, 3.05) is 5.32 Å². The second-order valence-electron chi connectivity index (χ2n) is 5.03. The summed E-state index contributed by atoms with van der Waals surface area (Å²) in [6.45, 7) is 4.15. The first-order chi connectivity index (χ1) is 10.0. The second kappa shape index (κ2) is 6.19. The Morgan fingerprint density at radius 3 is 2.43 bits per heavy atom. The molecule has 0 saturated carbocycles. The number of hydrogen-bond acceptors (Lipinski definition) is 2. The van der Waals surface area contributed by atoms with Gasteiger partial charge in [-0.1, -0.05) is 26.0 Å². The third-order valence-electron chi connectivity index (χ3n) is 3.19. The fourth-order valence-electron chi connectivity index (χ4n) is 1.93. The molecule has 2 aromatic carbocycles. The van der Waals surface area contributed by atoms with Crippen LogP contribution in [-0.2, 0) is 0 Å². The number of carbonyl (C=O) groups excluding carboxylic acids is 1. The van der Waals surface area contributed by atoms with Crippen LogP contribution >= 0.6 is 0 Å². The fourth-order valence-corrected chi connectivity index (χ4v) is 1.93. The summed E-state index contributed by atoms with van der Waals surface area (Å²) in [5, 5.41) is 11.6. The minimum Gasteiger partial charge on any atom is -0.321 e. The maximum absolute atomic E-state index is 13.1. The van der Waals surface area contributed by atoms with E-state index in [4.69, 9.17) is 5.26 Å². The van der Waals surface area contributed by atoms with Crippen LogP contribution in [0.15, 0.2) is 42.5 Å². The summed E-state index contributed by atoms with van der Waals surface area (Å²) in [6.07, 6.45) is 0. The van der Waals surface area contributed by atoms with E-state index in [2.05, 4.69) is 19.2 Å². The van der Waals surface area contributed by atoms with Gasteiger partial charge in [0, 0.05) is 5.56 Å². The molecule has 21 heavy (non-hydrogen) atoms. The molecule has 0 fully saturated rings. The molecule has 2 aromatic rings. The molecule has 0 aliphatic rings. The van der Waals surface area contributed by atoms with Crippen molar-refractivity contribution < 1.29 is 9.18 Å². The Balaban J connectivity index is 2.20. The van der Waals surface area contributed by atoms with E-state index in [1.54, 1.807) is 12.1 Å². The number of rotatable bonds is 3. The first-order valence-corrected chi connectivity index (χ1v) is 6.62. The number of nitrogens with one attached hydrogen (secondary N) is 1. The third-order valence-corrected chi connectivity index (χ3v) is 3.19. The highest BCUT2D eigenvalue weighted by atomic mass is 19.1. The topological polar surface area (TPSA) is 52.9 Å². The average molecular weight is 282 g/mol. The molecule has 0 radical (unpaired) electrons. The Bertz CT molecular complexity index is 700. The maximum Gasteiger partial charge on any atom is 0.255 e. The summed E-state index contributed by atoms with van der Waals surface area (Å²) in [4.78, 5) is 12.1. The Morgan fingerprint density at radius 2 is 1.86 bits per heavy atom. The Labute approximate surface area is 123 Å². The van der Waals surface area contributed by atoms with Crippen LogP contribution in [0.5, 0.6) is 0 Å². The number of hydrogen-bond donors (Lipinski definition) is 1. The molecule has 2 rings (SSSR count). The normalized spacial score (nSPS) is 10.2. The lowest BCUT2D eigenvalue weighted by Crippen LogP contribution is -2.13. The smallest absolute Gasteiger partial charge is 0.255 e. The SMILES string of the molecule is CC(C)c1ccc(C(=O)Nc2ccc(F)cc2C#N)cc1. The highest BCUT2D eigenvalue weighted by molar-refractivity contribution is 6.04. The van der Waals surface area contributed by atoms with Gasteiger partial charge in [0.05, 0.1) is 11.3 Å². The third kappa shape index (κ3) is 3.46. The quantitative estimate of drug-likeness (QED) is 0.922. The van der Waals surface area contributed by atoms with Gasteiger partial charge in [-0.2, -0.15) is 5.26 Å². The number of nitriles is 1. The molecule has 0 aliphatic carbocycles. The lowest BCUT2D eigenvalue weighted by atomic mass is 10.0. The van der Waals surface area contributed by atoms with Gasteiger partial charge in [-0.15, -0.1) is 0 Å². The minimum absolute atomic E-state index is 0.0992. The van der Waals surface area contributed by atoms with Crippen molar-refractivity contribution in [2.45, 2.75) is 19.8 Å². The zero-order chi connectivity index (χ0) is 15.4. The van der Waals surface area contributed by atoms with Gasteiger partial charge in [-0.3, -0.25) is 4.79 Å². The van der Waals surface area contributed by atoms with Crippen molar-refractivity contribution in [3.05, 3.63) is 65.0 Å². The van der Waals surface area contributed by atoms with Crippen molar-refractivity contribution in [3.63, 3.8) is 0 Å². The van der Waals surface area contributed by atoms with Crippen LogP contribution in [-0.4, -0.2) is 5.91 Å². The van der Waals surface area contributed by atoms with Crippen LogP contribution in [0.25, 0.3) is 0 Å². The molecular weight excluding hydrogens is 267 g/mol. The van der Waals surface area contributed by atoms with Crippen LogP contribution in [0.3, 0.4) is 0 Å². The molecule has 106 valence electrons. The molecule has 0 spiro atoms. The Kier molecular flexibility index (Phi) is 4.34. The van der Waals surface area contributed by atoms with Crippen molar-refractivity contribution in [1.82, 2.24) is 0 Å². The lowest BCUT2D eigenvalue weighted by Gasteiger charge is -2.09. The van der Waals surface area contributed by atoms with Crippen molar-refractivity contribution in [1.29, 1.82) is 5.26 Å². The predicted octanol–water partition coefficient (Wildman–Crippen LogP) is 4.07. The average Bonchev–Trinajstić information content (AvgIpc) is 2.49. The van der Waals surface area contributed by atoms with Crippen LogP contribution < -0.4 is 5.32 Å². The highest BCUT2D eigenvalue weighted by Gasteiger charge is 2.10. The summed E-state index contributed by atoms with van der Waals surface area (Å²) < 4.78 is 13.1. The minimum atomic E-state index is -0.508. The lowest BCUT2D eigenvalue weighted by molar-refractivity contribution is 0.102. The molecule has 1 amide bonds. The van der Waals surface area contributed by atoms with Crippen molar-refractivity contribution >= 4 is 11.6 Å². The summed E-state index contributed by atoms with van der Waals surface area (Å²) in [5.74, 6) is -0.441. The van der Waals surface area contributed by atoms with E-state index in [0.29, 0.717) is 17.2 Å². The van der Waals surface area contributed by atoms with Gasteiger partial charge < -0.3 is 5.32 Å². The van der Waals surface area contributed by atoms with Crippen LogP contribution in [0.4, 0.5) is 10.1 Å².